The number of fused-ring (bicyclic) bond motifs is 1. The standard InChI is InChI=1S/C25H18ClN3O2S/c26-19-7-4-8-20(15-19)28-25(32)29-27-16-17-11-13-21(14-12-17)31-24(30)23-10-3-6-18-5-1-2-9-22(18)23/h1-16H,(H2,28,29,32)/b27-16-. The smallest absolute Gasteiger partial charge is 0.344 e. The fourth-order valence-electron chi connectivity index (χ4n) is 3.08. The lowest BCUT2D eigenvalue weighted by molar-refractivity contribution is 0.0737. The van der Waals surface area contributed by atoms with Gasteiger partial charge in [0.05, 0.1) is 11.8 Å². The van der Waals surface area contributed by atoms with Gasteiger partial charge in [-0.2, -0.15) is 5.10 Å². The molecule has 32 heavy (non-hydrogen) atoms. The number of carbonyl (C=O) groups is 1. The van der Waals surface area contributed by atoms with E-state index in [1.807, 2.05) is 48.5 Å². The van der Waals surface area contributed by atoms with E-state index in [-0.39, 0.29) is 0 Å². The van der Waals surface area contributed by atoms with Crippen LogP contribution in [-0.2, 0) is 0 Å². The van der Waals surface area contributed by atoms with Crippen molar-refractivity contribution in [1.29, 1.82) is 0 Å². The number of hydrogen-bond donors (Lipinski definition) is 2. The topological polar surface area (TPSA) is 62.7 Å². The minimum Gasteiger partial charge on any atom is -0.423 e. The van der Waals surface area contributed by atoms with Gasteiger partial charge in [-0.1, -0.05) is 54.1 Å². The molecule has 0 unspecified atom stereocenters. The Morgan fingerprint density at radius 3 is 2.50 bits per heavy atom. The first-order chi connectivity index (χ1) is 15.6. The number of hydrazone groups is 1. The molecule has 0 saturated heterocycles. The van der Waals surface area contributed by atoms with Crippen molar-refractivity contribution in [2.45, 2.75) is 0 Å². The van der Waals surface area contributed by atoms with Crippen molar-refractivity contribution in [3.63, 3.8) is 0 Å². The van der Waals surface area contributed by atoms with Crippen molar-refractivity contribution >= 4 is 57.6 Å². The van der Waals surface area contributed by atoms with E-state index in [1.54, 1.807) is 48.7 Å². The van der Waals surface area contributed by atoms with Crippen LogP contribution in [0.15, 0.2) is 96.1 Å². The zero-order chi connectivity index (χ0) is 22.3. The Balaban J connectivity index is 1.34. The van der Waals surface area contributed by atoms with Crippen LogP contribution in [0.1, 0.15) is 15.9 Å². The van der Waals surface area contributed by atoms with E-state index in [4.69, 9.17) is 28.6 Å². The summed E-state index contributed by atoms with van der Waals surface area (Å²) in [6, 6.07) is 27.5. The van der Waals surface area contributed by atoms with Gasteiger partial charge in [-0.05, 0) is 77.1 Å². The van der Waals surface area contributed by atoms with Gasteiger partial charge in [0.15, 0.2) is 5.11 Å². The number of esters is 1. The molecule has 4 aromatic rings. The predicted molar refractivity (Wildman–Crippen MR) is 134 cm³/mol. The van der Waals surface area contributed by atoms with Crippen molar-refractivity contribution < 1.29 is 9.53 Å². The summed E-state index contributed by atoms with van der Waals surface area (Å²) in [7, 11) is 0. The number of benzene rings is 4. The van der Waals surface area contributed by atoms with Gasteiger partial charge in [-0.3, -0.25) is 5.43 Å². The van der Waals surface area contributed by atoms with Crippen molar-refractivity contribution in [3.8, 4) is 5.75 Å². The maximum absolute atomic E-state index is 12.6. The van der Waals surface area contributed by atoms with Gasteiger partial charge in [0, 0.05) is 10.7 Å². The van der Waals surface area contributed by atoms with Gasteiger partial charge in [0.2, 0.25) is 0 Å². The maximum atomic E-state index is 12.6. The Kier molecular flexibility index (Phi) is 6.75. The lowest BCUT2D eigenvalue weighted by atomic mass is 10.0. The van der Waals surface area contributed by atoms with E-state index in [0.29, 0.717) is 21.4 Å². The molecule has 0 aliphatic carbocycles. The molecule has 0 heterocycles. The molecule has 0 fully saturated rings. The summed E-state index contributed by atoms with van der Waals surface area (Å²) in [5.41, 5.74) is 4.85. The van der Waals surface area contributed by atoms with E-state index in [0.717, 1.165) is 22.0 Å². The number of nitrogens with zero attached hydrogens (tertiary/aromatic N) is 1. The summed E-state index contributed by atoms with van der Waals surface area (Å²) >= 11 is 11.2. The average Bonchev–Trinajstić information content (AvgIpc) is 2.80. The van der Waals surface area contributed by atoms with Crippen molar-refractivity contribution in [2.75, 3.05) is 5.32 Å². The fraction of sp³-hybridized carbons (Fsp3) is 0. The Morgan fingerprint density at radius 1 is 0.938 bits per heavy atom. The molecule has 0 aliphatic heterocycles. The van der Waals surface area contributed by atoms with E-state index < -0.39 is 5.97 Å². The van der Waals surface area contributed by atoms with E-state index >= 15 is 0 Å². The third-order valence-electron chi connectivity index (χ3n) is 4.56. The van der Waals surface area contributed by atoms with Crippen LogP contribution in [0.2, 0.25) is 5.02 Å². The van der Waals surface area contributed by atoms with E-state index in [2.05, 4.69) is 15.8 Å². The number of ether oxygens (including phenoxy) is 1. The Labute approximate surface area is 195 Å². The average molecular weight is 460 g/mol. The highest BCUT2D eigenvalue weighted by atomic mass is 35.5. The molecular weight excluding hydrogens is 442 g/mol. The van der Waals surface area contributed by atoms with Crippen LogP contribution < -0.4 is 15.5 Å². The zero-order valence-electron chi connectivity index (χ0n) is 16.8. The number of rotatable bonds is 5. The molecule has 158 valence electrons. The first kappa shape index (κ1) is 21.5. The Hall–Kier alpha value is -3.74. The molecule has 0 bridgehead atoms. The number of carbonyl (C=O) groups excluding carboxylic acids is 1. The number of hydrogen-bond acceptors (Lipinski definition) is 4. The molecule has 2 N–H and O–H groups in total. The Morgan fingerprint density at radius 2 is 1.69 bits per heavy atom. The summed E-state index contributed by atoms with van der Waals surface area (Å²) in [6.07, 6.45) is 1.61. The monoisotopic (exact) mass is 459 g/mol. The zero-order valence-corrected chi connectivity index (χ0v) is 18.4. The molecule has 0 radical (unpaired) electrons. The summed E-state index contributed by atoms with van der Waals surface area (Å²) in [4.78, 5) is 12.6. The van der Waals surface area contributed by atoms with Crippen LogP contribution in [0.25, 0.3) is 10.8 Å². The summed E-state index contributed by atoms with van der Waals surface area (Å²) in [5.74, 6) is 0.0495. The van der Waals surface area contributed by atoms with E-state index in [1.165, 1.54) is 0 Å². The quantitative estimate of drug-likeness (QED) is 0.125. The van der Waals surface area contributed by atoms with Gasteiger partial charge in [-0.25, -0.2) is 4.79 Å². The number of anilines is 1. The van der Waals surface area contributed by atoms with Gasteiger partial charge >= 0.3 is 5.97 Å². The molecule has 0 saturated carbocycles. The Bertz CT molecular complexity index is 1300. The minimum atomic E-state index is -0.401. The third-order valence-corrected chi connectivity index (χ3v) is 4.99. The molecule has 4 rings (SSSR count). The number of thiocarbonyl (C=S) groups is 1. The van der Waals surface area contributed by atoms with E-state index in [9.17, 15) is 4.79 Å². The summed E-state index contributed by atoms with van der Waals surface area (Å²) in [6.45, 7) is 0. The van der Waals surface area contributed by atoms with Crippen LogP contribution in [0, 0.1) is 0 Å². The summed E-state index contributed by atoms with van der Waals surface area (Å²) < 4.78 is 5.54. The second-order valence-electron chi connectivity index (χ2n) is 6.82. The SMILES string of the molecule is O=C(Oc1ccc(/C=N\NC(=S)Nc2cccc(Cl)c2)cc1)c1cccc2ccccc12. The van der Waals surface area contributed by atoms with Crippen LogP contribution in [0.3, 0.4) is 0 Å². The maximum Gasteiger partial charge on any atom is 0.344 e. The fourth-order valence-corrected chi connectivity index (χ4v) is 3.44. The van der Waals surface area contributed by atoms with Gasteiger partial charge < -0.3 is 10.1 Å². The first-order valence-corrected chi connectivity index (χ1v) is 10.5. The molecule has 0 aromatic heterocycles. The second kappa shape index (κ2) is 10.0. The van der Waals surface area contributed by atoms with Crippen molar-refractivity contribution in [2.24, 2.45) is 5.10 Å². The lowest BCUT2D eigenvalue weighted by Gasteiger charge is -2.08. The molecule has 4 aromatic carbocycles. The van der Waals surface area contributed by atoms with Gasteiger partial charge in [0.1, 0.15) is 5.75 Å². The lowest BCUT2D eigenvalue weighted by Crippen LogP contribution is -2.23. The molecule has 0 aliphatic rings. The molecule has 0 spiro atoms. The highest BCUT2D eigenvalue weighted by Crippen LogP contribution is 2.21. The minimum absolute atomic E-state index is 0.337. The summed E-state index contributed by atoms with van der Waals surface area (Å²) in [5, 5.41) is 9.90. The normalized spacial score (nSPS) is 10.8. The highest BCUT2D eigenvalue weighted by Gasteiger charge is 2.12. The van der Waals surface area contributed by atoms with Crippen molar-refractivity contribution in [3.05, 3.63) is 107 Å². The van der Waals surface area contributed by atoms with Crippen LogP contribution in [0.5, 0.6) is 5.75 Å². The highest BCUT2D eigenvalue weighted by molar-refractivity contribution is 7.80. The number of halogens is 1. The molecule has 0 amide bonds. The number of nitrogens with one attached hydrogen (secondary N) is 2. The first-order valence-electron chi connectivity index (χ1n) is 9.74. The second-order valence-corrected chi connectivity index (χ2v) is 7.66. The van der Waals surface area contributed by atoms with Crippen LogP contribution in [0.4, 0.5) is 5.69 Å². The van der Waals surface area contributed by atoms with Crippen LogP contribution in [-0.4, -0.2) is 17.3 Å². The molecule has 0 atom stereocenters. The largest absolute Gasteiger partial charge is 0.423 e. The van der Waals surface area contributed by atoms with Crippen molar-refractivity contribution in [1.82, 2.24) is 5.43 Å². The molecule has 7 heteroatoms. The third kappa shape index (κ3) is 5.49. The van der Waals surface area contributed by atoms with Gasteiger partial charge in [0.25, 0.3) is 0 Å². The molecule has 5 nitrogen and oxygen atoms in total. The predicted octanol–water partition coefficient (Wildman–Crippen LogP) is 6.03. The van der Waals surface area contributed by atoms with Crippen LogP contribution >= 0.6 is 23.8 Å². The van der Waals surface area contributed by atoms with Gasteiger partial charge in [-0.15, -0.1) is 0 Å². The molecular formula is C25H18ClN3O2S.